The van der Waals surface area contributed by atoms with Crippen LogP contribution in [0.15, 0.2) is 12.1 Å². The Balaban J connectivity index is 2.14. The molecule has 0 aromatic heterocycles. The molecular weight excluding hydrogens is 316 g/mol. The Morgan fingerprint density at radius 2 is 1.72 bits per heavy atom. The van der Waals surface area contributed by atoms with E-state index in [1.165, 1.54) is 6.92 Å². The number of amides is 2. The van der Waals surface area contributed by atoms with Crippen LogP contribution < -0.4 is 10.6 Å². The summed E-state index contributed by atoms with van der Waals surface area (Å²) in [5, 5.41) is 5.96. The molecule has 0 radical (unpaired) electrons. The summed E-state index contributed by atoms with van der Waals surface area (Å²) in [6.07, 6.45) is 4.81. The first kappa shape index (κ1) is 19.4. The van der Waals surface area contributed by atoms with Crippen molar-refractivity contribution >= 4 is 23.2 Å². The van der Waals surface area contributed by atoms with E-state index >= 15 is 0 Å². The van der Waals surface area contributed by atoms with Crippen LogP contribution in [0.3, 0.4) is 0 Å². The number of ether oxygens (including phenoxy) is 1. The van der Waals surface area contributed by atoms with E-state index in [-0.39, 0.29) is 17.2 Å². The van der Waals surface area contributed by atoms with Crippen LogP contribution in [0.4, 0.5) is 11.4 Å². The van der Waals surface area contributed by atoms with Gasteiger partial charge in [-0.2, -0.15) is 0 Å². The van der Waals surface area contributed by atoms with Crippen molar-refractivity contribution in [3.8, 4) is 0 Å². The molecule has 2 rings (SSSR count). The molecule has 0 aliphatic heterocycles. The third kappa shape index (κ3) is 4.82. The van der Waals surface area contributed by atoms with Crippen LogP contribution in [0.5, 0.6) is 0 Å². The number of rotatable bonds is 7. The maximum atomic E-state index is 13.0. The van der Waals surface area contributed by atoms with E-state index in [2.05, 4.69) is 10.6 Å². The van der Waals surface area contributed by atoms with Gasteiger partial charge in [0.15, 0.2) is 0 Å². The Morgan fingerprint density at radius 3 is 2.24 bits per heavy atom. The van der Waals surface area contributed by atoms with Crippen molar-refractivity contribution in [3.05, 3.63) is 23.3 Å². The first-order chi connectivity index (χ1) is 11.9. The highest BCUT2D eigenvalue weighted by Gasteiger charge is 2.40. The third-order valence-corrected chi connectivity index (χ3v) is 5.06. The summed E-state index contributed by atoms with van der Waals surface area (Å²) in [6, 6.07) is 3.84. The van der Waals surface area contributed by atoms with Crippen LogP contribution in [0.25, 0.3) is 0 Å². The molecule has 25 heavy (non-hydrogen) atoms. The molecule has 2 N–H and O–H groups in total. The van der Waals surface area contributed by atoms with Gasteiger partial charge in [0.05, 0.1) is 5.41 Å². The highest BCUT2D eigenvalue weighted by molar-refractivity contribution is 5.97. The summed E-state index contributed by atoms with van der Waals surface area (Å²) in [5.41, 5.74) is 3.18. The molecule has 0 bridgehead atoms. The Kier molecular flexibility index (Phi) is 6.59. The van der Waals surface area contributed by atoms with Crippen LogP contribution in [-0.2, 0) is 14.3 Å². The molecule has 138 valence electrons. The summed E-state index contributed by atoms with van der Waals surface area (Å²) >= 11 is 0. The fraction of sp³-hybridized carbons (Fsp3) is 0.600. The molecule has 1 aromatic carbocycles. The quantitative estimate of drug-likeness (QED) is 0.728. The van der Waals surface area contributed by atoms with Gasteiger partial charge in [-0.3, -0.25) is 9.59 Å². The van der Waals surface area contributed by atoms with E-state index < -0.39 is 0 Å². The van der Waals surface area contributed by atoms with Gasteiger partial charge in [0, 0.05) is 31.5 Å². The molecule has 2 amide bonds. The molecular formula is C20H30N2O3. The predicted molar refractivity (Wildman–Crippen MR) is 101 cm³/mol. The van der Waals surface area contributed by atoms with Crippen molar-refractivity contribution in [3.63, 3.8) is 0 Å². The second-order valence-electron chi connectivity index (χ2n) is 7.05. The normalized spacial score (nSPS) is 15.8. The maximum Gasteiger partial charge on any atom is 0.230 e. The first-order valence-corrected chi connectivity index (χ1v) is 9.16. The average Bonchev–Trinajstić information content (AvgIpc) is 3.01. The summed E-state index contributed by atoms with van der Waals surface area (Å²) in [7, 11) is 0. The van der Waals surface area contributed by atoms with E-state index in [4.69, 9.17) is 4.74 Å². The second kappa shape index (κ2) is 8.48. The van der Waals surface area contributed by atoms with Crippen molar-refractivity contribution in [2.75, 3.05) is 23.8 Å². The minimum absolute atomic E-state index is 0.0933. The van der Waals surface area contributed by atoms with Gasteiger partial charge in [0.1, 0.15) is 0 Å². The molecule has 1 aliphatic carbocycles. The van der Waals surface area contributed by atoms with Crippen LogP contribution >= 0.6 is 0 Å². The number of anilines is 2. The lowest BCUT2D eigenvalue weighted by atomic mass is 9.82. The lowest BCUT2D eigenvalue weighted by Gasteiger charge is -2.28. The largest absolute Gasteiger partial charge is 0.382 e. The van der Waals surface area contributed by atoms with Crippen LogP contribution in [0.2, 0.25) is 0 Å². The van der Waals surface area contributed by atoms with Crippen molar-refractivity contribution in [2.24, 2.45) is 5.41 Å². The zero-order chi connectivity index (χ0) is 18.4. The minimum Gasteiger partial charge on any atom is -0.382 e. The molecule has 5 heteroatoms. The first-order valence-electron chi connectivity index (χ1n) is 9.16. The number of benzene rings is 1. The van der Waals surface area contributed by atoms with Crippen LogP contribution in [0, 0.1) is 19.3 Å². The lowest BCUT2D eigenvalue weighted by Crippen LogP contribution is -2.35. The molecule has 0 heterocycles. The molecule has 1 fully saturated rings. The fourth-order valence-corrected chi connectivity index (χ4v) is 3.73. The number of carbonyl (C=O) groups is 2. The summed E-state index contributed by atoms with van der Waals surface area (Å²) in [5.74, 6) is -0.000372. The summed E-state index contributed by atoms with van der Waals surface area (Å²) in [6.45, 7) is 8.66. The van der Waals surface area contributed by atoms with Gasteiger partial charge in [-0.1, -0.05) is 12.8 Å². The molecule has 0 saturated heterocycles. The van der Waals surface area contributed by atoms with Crippen molar-refractivity contribution < 1.29 is 14.3 Å². The van der Waals surface area contributed by atoms with Crippen molar-refractivity contribution in [1.29, 1.82) is 0 Å². The summed E-state index contributed by atoms with van der Waals surface area (Å²) < 4.78 is 5.49. The molecule has 0 unspecified atom stereocenters. The Hall–Kier alpha value is -1.88. The number of hydrogen-bond donors (Lipinski definition) is 2. The van der Waals surface area contributed by atoms with E-state index in [0.29, 0.717) is 13.2 Å². The highest BCUT2D eigenvalue weighted by atomic mass is 16.5. The molecule has 1 aromatic rings. The van der Waals surface area contributed by atoms with E-state index in [0.717, 1.165) is 54.6 Å². The number of carbonyl (C=O) groups excluding carboxylic acids is 2. The number of aryl methyl sites for hydroxylation is 2. The zero-order valence-corrected chi connectivity index (χ0v) is 15.8. The van der Waals surface area contributed by atoms with Gasteiger partial charge < -0.3 is 15.4 Å². The Bertz CT molecular complexity index is 611. The fourth-order valence-electron chi connectivity index (χ4n) is 3.73. The molecule has 0 spiro atoms. The van der Waals surface area contributed by atoms with E-state index in [9.17, 15) is 9.59 Å². The van der Waals surface area contributed by atoms with Gasteiger partial charge >= 0.3 is 0 Å². The maximum absolute atomic E-state index is 13.0. The average molecular weight is 346 g/mol. The van der Waals surface area contributed by atoms with Gasteiger partial charge in [0.25, 0.3) is 0 Å². The van der Waals surface area contributed by atoms with Crippen molar-refractivity contribution in [2.45, 2.75) is 59.8 Å². The Morgan fingerprint density at radius 1 is 1.12 bits per heavy atom. The zero-order valence-electron chi connectivity index (χ0n) is 15.8. The second-order valence-corrected chi connectivity index (χ2v) is 7.05. The minimum atomic E-state index is -0.312. The third-order valence-electron chi connectivity index (χ3n) is 5.06. The van der Waals surface area contributed by atoms with Crippen LogP contribution in [0.1, 0.15) is 57.1 Å². The highest BCUT2D eigenvalue weighted by Crippen LogP contribution is 2.42. The SMILES string of the molecule is CCOCCC1(C(=O)Nc2cc(C)c(NC(C)=O)c(C)c2)CCCC1. The number of hydrogen-bond acceptors (Lipinski definition) is 3. The van der Waals surface area contributed by atoms with Gasteiger partial charge in [0.2, 0.25) is 11.8 Å². The van der Waals surface area contributed by atoms with E-state index in [1.807, 2.05) is 32.9 Å². The molecule has 1 saturated carbocycles. The van der Waals surface area contributed by atoms with Crippen LogP contribution in [-0.4, -0.2) is 25.0 Å². The standard InChI is InChI=1S/C20H30N2O3/c1-5-25-11-10-20(8-6-7-9-20)19(24)22-17-12-14(2)18(15(3)13-17)21-16(4)23/h12-13H,5-11H2,1-4H3,(H,21,23)(H,22,24). The van der Waals surface area contributed by atoms with Crippen molar-refractivity contribution in [1.82, 2.24) is 0 Å². The predicted octanol–water partition coefficient (Wildman–Crippen LogP) is 4.19. The van der Waals surface area contributed by atoms with Gasteiger partial charge in [-0.15, -0.1) is 0 Å². The molecule has 1 aliphatic rings. The lowest BCUT2D eigenvalue weighted by molar-refractivity contribution is -0.126. The van der Waals surface area contributed by atoms with Gasteiger partial charge in [-0.25, -0.2) is 0 Å². The number of nitrogens with one attached hydrogen (secondary N) is 2. The van der Waals surface area contributed by atoms with Gasteiger partial charge in [-0.05, 0) is 63.3 Å². The smallest absolute Gasteiger partial charge is 0.230 e. The monoisotopic (exact) mass is 346 g/mol. The molecule has 0 atom stereocenters. The Labute approximate surface area is 150 Å². The molecule has 5 nitrogen and oxygen atoms in total. The van der Waals surface area contributed by atoms with E-state index in [1.54, 1.807) is 0 Å². The topological polar surface area (TPSA) is 67.4 Å². The summed E-state index contributed by atoms with van der Waals surface area (Å²) in [4.78, 5) is 24.3.